The molecule has 0 aliphatic rings. The Hall–Kier alpha value is -2.13. The molecular formula is C14H10ClN3. The van der Waals surface area contributed by atoms with Gasteiger partial charge in [0.1, 0.15) is 17.3 Å². The molecule has 0 amide bonds. The van der Waals surface area contributed by atoms with E-state index in [0.29, 0.717) is 11.0 Å². The Morgan fingerprint density at radius 1 is 0.944 bits per heavy atom. The normalized spacial score (nSPS) is 10.5. The molecule has 0 atom stereocenters. The van der Waals surface area contributed by atoms with Crippen LogP contribution in [-0.4, -0.2) is 9.97 Å². The number of nitrogens with zero attached hydrogens (tertiary/aromatic N) is 2. The van der Waals surface area contributed by atoms with Crippen molar-refractivity contribution in [1.29, 1.82) is 0 Å². The molecule has 4 heteroatoms. The highest BCUT2D eigenvalue weighted by atomic mass is 35.5. The van der Waals surface area contributed by atoms with E-state index in [0.717, 1.165) is 11.1 Å². The van der Waals surface area contributed by atoms with Crippen LogP contribution in [0.5, 0.6) is 0 Å². The van der Waals surface area contributed by atoms with Gasteiger partial charge < -0.3 is 5.32 Å². The maximum Gasteiger partial charge on any atom is 0.135 e. The molecule has 1 aromatic heterocycles. The lowest BCUT2D eigenvalue weighted by molar-refractivity contribution is 1.17. The lowest BCUT2D eigenvalue weighted by Gasteiger charge is -2.08. The third kappa shape index (κ3) is 2.13. The van der Waals surface area contributed by atoms with Crippen LogP contribution in [0.4, 0.5) is 11.5 Å². The van der Waals surface area contributed by atoms with E-state index in [4.69, 9.17) is 11.6 Å². The van der Waals surface area contributed by atoms with Gasteiger partial charge in [-0.05, 0) is 11.5 Å². The molecule has 88 valence electrons. The molecule has 0 unspecified atom stereocenters. The summed E-state index contributed by atoms with van der Waals surface area (Å²) in [6.45, 7) is 0. The van der Waals surface area contributed by atoms with Crippen molar-refractivity contribution < 1.29 is 0 Å². The molecule has 3 aromatic rings. The van der Waals surface area contributed by atoms with Gasteiger partial charge >= 0.3 is 0 Å². The Labute approximate surface area is 109 Å². The van der Waals surface area contributed by atoms with E-state index in [-0.39, 0.29) is 0 Å². The molecule has 0 saturated carbocycles. The maximum absolute atomic E-state index is 5.84. The quantitative estimate of drug-likeness (QED) is 0.703. The van der Waals surface area contributed by atoms with Gasteiger partial charge in [-0.3, -0.25) is 0 Å². The van der Waals surface area contributed by atoms with E-state index >= 15 is 0 Å². The number of fused-ring (bicyclic) bond motifs is 1. The van der Waals surface area contributed by atoms with Gasteiger partial charge in [0.2, 0.25) is 0 Å². The minimum Gasteiger partial charge on any atom is -0.340 e. The third-order valence-electron chi connectivity index (χ3n) is 2.69. The first-order chi connectivity index (χ1) is 8.83. The first kappa shape index (κ1) is 11.0. The number of rotatable bonds is 2. The SMILES string of the molecule is Clc1cc(Nc2cccc3ccccc23)ncn1. The second-order valence-electron chi connectivity index (χ2n) is 3.88. The van der Waals surface area contributed by atoms with E-state index in [2.05, 4.69) is 33.5 Å². The van der Waals surface area contributed by atoms with Crippen molar-refractivity contribution in [2.75, 3.05) is 5.32 Å². The van der Waals surface area contributed by atoms with Crippen molar-refractivity contribution in [2.24, 2.45) is 0 Å². The molecule has 0 fully saturated rings. The fraction of sp³-hybridized carbons (Fsp3) is 0. The molecule has 0 spiro atoms. The standard InChI is InChI=1S/C14H10ClN3/c15-13-8-14(17-9-16-13)18-12-7-3-5-10-4-1-2-6-11(10)12/h1-9H,(H,16,17,18). The maximum atomic E-state index is 5.84. The van der Waals surface area contributed by atoms with E-state index in [1.165, 1.54) is 11.7 Å². The molecule has 0 saturated heterocycles. The Kier molecular flexibility index (Phi) is 2.82. The fourth-order valence-electron chi connectivity index (χ4n) is 1.87. The number of halogens is 1. The van der Waals surface area contributed by atoms with E-state index in [9.17, 15) is 0 Å². The Morgan fingerprint density at radius 2 is 1.78 bits per heavy atom. The zero-order valence-corrected chi connectivity index (χ0v) is 10.2. The second-order valence-corrected chi connectivity index (χ2v) is 4.26. The Balaban J connectivity index is 2.05. The van der Waals surface area contributed by atoms with Gasteiger partial charge in [0, 0.05) is 17.1 Å². The molecular weight excluding hydrogens is 246 g/mol. The second kappa shape index (κ2) is 4.63. The van der Waals surface area contributed by atoms with Crippen molar-refractivity contribution in [3.05, 3.63) is 60.0 Å². The van der Waals surface area contributed by atoms with Crippen LogP contribution < -0.4 is 5.32 Å². The summed E-state index contributed by atoms with van der Waals surface area (Å²) >= 11 is 5.84. The molecule has 18 heavy (non-hydrogen) atoms. The van der Waals surface area contributed by atoms with E-state index < -0.39 is 0 Å². The smallest absolute Gasteiger partial charge is 0.135 e. The third-order valence-corrected chi connectivity index (χ3v) is 2.89. The summed E-state index contributed by atoms with van der Waals surface area (Å²) in [5.41, 5.74) is 1.00. The molecule has 3 nitrogen and oxygen atoms in total. The van der Waals surface area contributed by atoms with Crippen LogP contribution in [0.3, 0.4) is 0 Å². The van der Waals surface area contributed by atoms with Crippen LogP contribution in [0.15, 0.2) is 54.9 Å². The number of benzene rings is 2. The van der Waals surface area contributed by atoms with Gasteiger partial charge in [0.05, 0.1) is 0 Å². The number of anilines is 2. The monoisotopic (exact) mass is 255 g/mol. The van der Waals surface area contributed by atoms with Crippen LogP contribution in [0, 0.1) is 0 Å². The highest BCUT2D eigenvalue weighted by Crippen LogP contribution is 2.25. The molecule has 1 N–H and O–H groups in total. The van der Waals surface area contributed by atoms with Gasteiger partial charge in [-0.2, -0.15) is 0 Å². The van der Waals surface area contributed by atoms with Gasteiger partial charge in [0.25, 0.3) is 0 Å². The minimum atomic E-state index is 0.424. The topological polar surface area (TPSA) is 37.8 Å². The summed E-state index contributed by atoms with van der Waals surface area (Å²) < 4.78 is 0. The Bertz CT molecular complexity index is 692. The molecule has 0 aliphatic carbocycles. The average Bonchev–Trinajstić information content (AvgIpc) is 2.39. The minimum absolute atomic E-state index is 0.424. The number of aromatic nitrogens is 2. The molecule has 1 heterocycles. The molecule has 0 bridgehead atoms. The van der Waals surface area contributed by atoms with Crippen LogP contribution in [0.25, 0.3) is 10.8 Å². The first-order valence-corrected chi connectivity index (χ1v) is 5.93. The summed E-state index contributed by atoms with van der Waals surface area (Å²) in [6, 6.07) is 16.0. The average molecular weight is 256 g/mol. The summed E-state index contributed by atoms with van der Waals surface area (Å²) in [5.74, 6) is 0.686. The predicted molar refractivity (Wildman–Crippen MR) is 74.3 cm³/mol. The summed E-state index contributed by atoms with van der Waals surface area (Å²) in [6.07, 6.45) is 1.44. The first-order valence-electron chi connectivity index (χ1n) is 5.55. The van der Waals surface area contributed by atoms with Crippen molar-refractivity contribution >= 4 is 33.9 Å². The lowest BCUT2D eigenvalue weighted by Crippen LogP contribution is -1.94. The Morgan fingerprint density at radius 3 is 2.67 bits per heavy atom. The number of nitrogens with one attached hydrogen (secondary N) is 1. The van der Waals surface area contributed by atoms with E-state index in [1.54, 1.807) is 6.07 Å². The van der Waals surface area contributed by atoms with Crippen LogP contribution in [-0.2, 0) is 0 Å². The highest BCUT2D eigenvalue weighted by Gasteiger charge is 2.02. The summed E-state index contributed by atoms with van der Waals surface area (Å²) in [4.78, 5) is 7.99. The van der Waals surface area contributed by atoms with Crippen molar-refractivity contribution in [3.63, 3.8) is 0 Å². The van der Waals surface area contributed by atoms with Gasteiger partial charge in [-0.1, -0.05) is 48.0 Å². The molecule has 3 rings (SSSR count). The van der Waals surface area contributed by atoms with Gasteiger partial charge in [0.15, 0.2) is 0 Å². The zero-order valence-electron chi connectivity index (χ0n) is 9.47. The summed E-state index contributed by atoms with van der Waals surface area (Å²) in [7, 11) is 0. The van der Waals surface area contributed by atoms with E-state index in [1.807, 2.05) is 24.3 Å². The van der Waals surface area contributed by atoms with Gasteiger partial charge in [-0.15, -0.1) is 0 Å². The highest BCUT2D eigenvalue weighted by molar-refractivity contribution is 6.29. The van der Waals surface area contributed by atoms with Crippen molar-refractivity contribution in [2.45, 2.75) is 0 Å². The molecule has 0 aliphatic heterocycles. The van der Waals surface area contributed by atoms with Crippen molar-refractivity contribution in [3.8, 4) is 0 Å². The zero-order chi connectivity index (χ0) is 12.4. The molecule has 2 aromatic carbocycles. The number of hydrogen-bond donors (Lipinski definition) is 1. The number of hydrogen-bond acceptors (Lipinski definition) is 3. The largest absolute Gasteiger partial charge is 0.340 e. The predicted octanol–water partition coefficient (Wildman–Crippen LogP) is 4.03. The summed E-state index contributed by atoms with van der Waals surface area (Å²) in [5, 5.41) is 6.01. The molecule has 0 radical (unpaired) electrons. The van der Waals surface area contributed by atoms with Crippen LogP contribution in [0.1, 0.15) is 0 Å². The lowest BCUT2D eigenvalue weighted by atomic mass is 10.1. The van der Waals surface area contributed by atoms with Crippen LogP contribution in [0.2, 0.25) is 5.15 Å². The van der Waals surface area contributed by atoms with Gasteiger partial charge in [-0.25, -0.2) is 9.97 Å². The van der Waals surface area contributed by atoms with Crippen LogP contribution >= 0.6 is 11.6 Å². The van der Waals surface area contributed by atoms with Crippen molar-refractivity contribution in [1.82, 2.24) is 9.97 Å². The fourth-order valence-corrected chi connectivity index (χ4v) is 2.02.